The third-order valence-electron chi connectivity index (χ3n) is 3.55. The molecule has 0 atom stereocenters. The number of hydrogen-bond acceptors (Lipinski definition) is 6. The van der Waals surface area contributed by atoms with E-state index in [0.29, 0.717) is 22.5 Å². The first kappa shape index (κ1) is 17.0. The van der Waals surface area contributed by atoms with Gasteiger partial charge in [0.2, 0.25) is 0 Å². The Morgan fingerprint density at radius 2 is 0.923 bits per heavy atom. The minimum Gasteiger partial charge on any atom is -0.419 e. The van der Waals surface area contributed by atoms with Gasteiger partial charge >= 0.3 is 11.9 Å². The number of carbonyl (C=O) groups is 2. The summed E-state index contributed by atoms with van der Waals surface area (Å²) in [5.41, 5.74) is 13.0. The predicted octanol–water partition coefficient (Wildman–Crippen LogP) is 3.29. The van der Waals surface area contributed by atoms with Crippen LogP contribution < -0.4 is 20.9 Å². The molecule has 3 rings (SSSR count). The molecule has 0 aliphatic heterocycles. The lowest BCUT2D eigenvalue weighted by Gasteiger charge is -2.10. The smallest absolute Gasteiger partial charge is 0.343 e. The summed E-state index contributed by atoms with van der Waals surface area (Å²) in [7, 11) is 0. The number of nitrogen functional groups attached to an aromatic ring is 2. The van der Waals surface area contributed by atoms with Crippen molar-refractivity contribution in [2.24, 2.45) is 0 Å². The largest absolute Gasteiger partial charge is 0.419 e. The van der Waals surface area contributed by atoms with Gasteiger partial charge in [0.25, 0.3) is 0 Å². The van der Waals surface area contributed by atoms with Crippen LogP contribution in [0.25, 0.3) is 0 Å². The number of rotatable bonds is 4. The van der Waals surface area contributed by atoms with Crippen LogP contribution in [0.5, 0.6) is 11.5 Å². The van der Waals surface area contributed by atoms with E-state index in [1.807, 2.05) is 0 Å². The minimum absolute atomic E-state index is 0.137. The van der Waals surface area contributed by atoms with Crippen molar-refractivity contribution in [2.75, 3.05) is 11.5 Å². The number of nitrogens with two attached hydrogens (primary N) is 2. The fourth-order valence-electron chi connectivity index (χ4n) is 2.17. The van der Waals surface area contributed by atoms with Crippen LogP contribution in [0, 0.1) is 0 Å². The predicted molar refractivity (Wildman–Crippen MR) is 98.1 cm³/mol. The van der Waals surface area contributed by atoms with Gasteiger partial charge in [-0.3, -0.25) is 0 Å². The van der Waals surface area contributed by atoms with Gasteiger partial charge in [-0.2, -0.15) is 0 Å². The molecule has 3 aromatic rings. The molecule has 0 heterocycles. The molecule has 0 saturated carbocycles. The van der Waals surface area contributed by atoms with Crippen molar-refractivity contribution in [1.82, 2.24) is 0 Å². The number of hydrogen-bond donors (Lipinski definition) is 2. The highest BCUT2D eigenvalue weighted by Gasteiger charge is 2.15. The molecule has 6 heteroatoms. The normalized spacial score (nSPS) is 10.2. The van der Waals surface area contributed by atoms with Crippen LogP contribution in [-0.2, 0) is 0 Å². The summed E-state index contributed by atoms with van der Waals surface area (Å²) in [6.07, 6.45) is 0. The highest BCUT2D eigenvalue weighted by atomic mass is 16.6. The van der Waals surface area contributed by atoms with E-state index < -0.39 is 11.9 Å². The van der Waals surface area contributed by atoms with E-state index in [9.17, 15) is 9.59 Å². The van der Waals surface area contributed by atoms with Gasteiger partial charge in [0.15, 0.2) is 11.5 Å². The number of ether oxygens (including phenoxy) is 2. The molecule has 0 saturated heterocycles. The van der Waals surface area contributed by atoms with Crippen LogP contribution in [0.3, 0.4) is 0 Å². The Labute approximate surface area is 150 Å². The first-order valence-corrected chi connectivity index (χ1v) is 7.77. The Morgan fingerprint density at radius 3 is 1.27 bits per heavy atom. The molecular weight excluding hydrogens is 332 g/mol. The van der Waals surface area contributed by atoms with E-state index in [0.717, 1.165) is 0 Å². The molecule has 0 unspecified atom stereocenters. The Balaban J connectivity index is 1.77. The summed E-state index contributed by atoms with van der Waals surface area (Å²) >= 11 is 0. The van der Waals surface area contributed by atoms with Gasteiger partial charge in [-0.25, -0.2) is 9.59 Å². The number of para-hydroxylation sites is 2. The monoisotopic (exact) mass is 348 g/mol. The summed E-state index contributed by atoms with van der Waals surface area (Å²) in [6.45, 7) is 0. The van der Waals surface area contributed by atoms with Crippen molar-refractivity contribution in [3.8, 4) is 11.5 Å². The van der Waals surface area contributed by atoms with Gasteiger partial charge in [-0.1, -0.05) is 12.1 Å². The van der Waals surface area contributed by atoms with E-state index in [-0.39, 0.29) is 11.5 Å². The van der Waals surface area contributed by atoms with Crippen LogP contribution in [0.15, 0.2) is 72.8 Å². The van der Waals surface area contributed by atoms with Crippen molar-refractivity contribution in [1.29, 1.82) is 0 Å². The molecule has 0 radical (unpaired) electrons. The third kappa shape index (κ3) is 3.99. The summed E-state index contributed by atoms with van der Waals surface area (Å²) in [5.74, 6) is -0.891. The second-order valence-corrected chi connectivity index (χ2v) is 5.47. The fourth-order valence-corrected chi connectivity index (χ4v) is 2.17. The van der Waals surface area contributed by atoms with Gasteiger partial charge in [0.1, 0.15) is 0 Å². The van der Waals surface area contributed by atoms with Crippen LogP contribution in [-0.4, -0.2) is 11.9 Å². The zero-order valence-corrected chi connectivity index (χ0v) is 13.7. The molecule has 130 valence electrons. The molecule has 0 aliphatic rings. The van der Waals surface area contributed by atoms with Crippen molar-refractivity contribution in [3.05, 3.63) is 83.9 Å². The second-order valence-electron chi connectivity index (χ2n) is 5.47. The minimum atomic E-state index is -0.582. The molecule has 4 N–H and O–H groups in total. The number of benzene rings is 3. The second kappa shape index (κ2) is 7.40. The quantitative estimate of drug-likeness (QED) is 0.426. The van der Waals surface area contributed by atoms with Gasteiger partial charge in [0, 0.05) is 11.4 Å². The zero-order chi connectivity index (χ0) is 18.5. The molecular formula is C20H16N2O4. The lowest BCUT2D eigenvalue weighted by atomic mass is 10.2. The Kier molecular flexibility index (Phi) is 4.85. The highest BCUT2D eigenvalue weighted by molar-refractivity contribution is 5.93. The van der Waals surface area contributed by atoms with E-state index in [4.69, 9.17) is 20.9 Å². The maximum atomic E-state index is 12.3. The molecule has 0 bridgehead atoms. The van der Waals surface area contributed by atoms with Gasteiger partial charge in [-0.05, 0) is 60.7 Å². The maximum Gasteiger partial charge on any atom is 0.343 e. The van der Waals surface area contributed by atoms with Gasteiger partial charge < -0.3 is 20.9 Å². The lowest BCUT2D eigenvalue weighted by molar-refractivity contribution is 0.0682. The standard InChI is InChI=1S/C20H16N2O4/c21-15-9-5-13(6-10-15)19(23)25-17-3-1-2-4-18(17)26-20(24)14-7-11-16(22)12-8-14/h1-12H,21-22H2. The first-order valence-electron chi connectivity index (χ1n) is 7.77. The highest BCUT2D eigenvalue weighted by Crippen LogP contribution is 2.28. The van der Waals surface area contributed by atoms with E-state index in [2.05, 4.69) is 0 Å². The number of esters is 2. The van der Waals surface area contributed by atoms with Crippen LogP contribution in [0.1, 0.15) is 20.7 Å². The Hall–Kier alpha value is -3.80. The van der Waals surface area contributed by atoms with Crippen LogP contribution in [0.4, 0.5) is 11.4 Å². The van der Waals surface area contributed by atoms with Crippen molar-refractivity contribution < 1.29 is 19.1 Å². The molecule has 0 aliphatic carbocycles. The molecule has 6 nitrogen and oxygen atoms in total. The van der Waals surface area contributed by atoms with E-state index >= 15 is 0 Å². The molecule has 0 fully saturated rings. The average molecular weight is 348 g/mol. The third-order valence-corrected chi connectivity index (χ3v) is 3.55. The molecule has 3 aromatic carbocycles. The van der Waals surface area contributed by atoms with Crippen molar-refractivity contribution in [2.45, 2.75) is 0 Å². The van der Waals surface area contributed by atoms with Crippen LogP contribution >= 0.6 is 0 Å². The van der Waals surface area contributed by atoms with Crippen molar-refractivity contribution in [3.63, 3.8) is 0 Å². The first-order chi connectivity index (χ1) is 12.5. The van der Waals surface area contributed by atoms with Crippen molar-refractivity contribution >= 4 is 23.3 Å². The van der Waals surface area contributed by atoms with Gasteiger partial charge in [-0.15, -0.1) is 0 Å². The zero-order valence-electron chi connectivity index (χ0n) is 13.7. The molecule has 0 spiro atoms. The van der Waals surface area contributed by atoms with E-state index in [1.165, 1.54) is 0 Å². The van der Waals surface area contributed by atoms with E-state index in [1.54, 1.807) is 72.8 Å². The molecule has 0 aromatic heterocycles. The van der Waals surface area contributed by atoms with Gasteiger partial charge in [0.05, 0.1) is 11.1 Å². The molecule has 26 heavy (non-hydrogen) atoms. The summed E-state index contributed by atoms with van der Waals surface area (Å²) in [4.78, 5) is 24.5. The SMILES string of the molecule is Nc1ccc(C(=O)Oc2ccccc2OC(=O)c2ccc(N)cc2)cc1. The fraction of sp³-hybridized carbons (Fsp3) is 0. The summed E-state index contributed by atoms with van der Waals surface area (Å²) in [5, 5.41) is 0. The number of anilines is 2. The Bertz CT molecular complexity index is 856. The number of carbonyl (C=O) groups excluding carboxylic acids is 2. The summed E-state index contributed by atoms with van der Waals surface area (Å²) < 4.78 is 10.7. The topological polar surface area (TPSA) is 105 Å². The average Bonchev–Trinajstić information content (AvgIpc) is 2.64. The Morgan fingerprint density at radius 1 is 0.577 bits per heavy atom. The maximum absolute atomic E-state index is 12.3. The van der Waals surface area contributed by atoms with Crippen LogP contribution in [0.2, 0.25) is 0 Å². The summed E-state index contributed by atoms with van der Waals surface area (Å²) in [6, 6.07) is 19.1. The molecule has 0 amide bonds. The lowest BCUT2D eigenvalue weighted by Crippen LogP contribution is -2.12.